The largest absolute Gasteiger partial charge is 0.335 e. The topological polar surface area (TPSA) is 65.8 Å². The van der Waals surface area contributed by atoms with Gasteiger partial charge in [-0.2, -0.15) is 5.26 Å². The predicted molar refractivity (Wildman–Crippen MR) is 60.8 cm³/mol. The second kappa shape index (κ2) is 5.39. The van der Waals surface area contributed by atoms with E-state index >= 15 is 0 Å². The quantitative estimate of drug-likeness (QED) is 0.871. The van der Waals surface area contributed by atoms with Gasteiger partial charge in [-0.15, -0.1) is 0 Å². The Bertz CT molecular complexity index is 465. The molecule has 5 heteroatoms. The number of nitrogens with zero attached hydrogens (tertiary/aromatic N) is 2. The molecule has 1 heterocycles. The minimum absolute atomic E-state index is 0.0117. The van der Waals surface area contributed by atoms with E-state index in [-0.39, 0.29) is 11.6 Å². The highest BCUT2D eigenvalue weighted by Crippen LogP contribution is 2.17. The van der Waals surface area contributed by atoms with Crippen molar-refractivity contribution in [3.8, 4) is 6.07 Å². The lowest BCUT2D eigenvalue weighted by molar-refractivity contribution is 0.0942. The molecule has 1 aromatic heterocycles. The van der Waals surface area contributed by atoms with E-state index in [1.54, 1.807) is 0 Å². The normalized spacial score (nSPS) is 12.0. The van der Waals surface area contributed by atoms with Gasteiger partial charge in [0.2, 0.25) is 0 Å². The molecule has 90 valence electrons. The Hall–Kier alpha value is -1.96. The molecule has 1 atom stereocenters. The van der Waals surface area contributed by atoms with Crippen LogP contribution in [0.3, 0.4) is 0 Å². The van der Waals surface area contributed by atoms with Crippen molar-refractivity contribution in [1.29, 1.82) is 5.26 Å². The third-order valence-electron chi connectivity index (χ3n) is 2.28. The second-order valence-electron chi connectivity index (χ2n) is 4.07. The van der Waals surface area contributed by atoms with E-state index in [4.69, 9.17) is 5.26 Å². The molecule has 0 radical (unpaired) electrons. The zero-order valence-corrected chi connectivity index (χ0v) is 9.99. The molecule has 1 aromatic rings. The van der Waals surface area contributed by atoms with Gasteiger partial charge in [0.25, 0.3) is 5.91 Å². The first-order valence-corrected chi connectivity index (χ1v) is 5.31. The number of rotatable bonds is 3. The summed E-state index contributed by atoms with van der Waals surface area (Å²) < 4.78 is 13.6. The van der Waals surface area contributed by atoms with Crippen molar-refractivity contribution in [3.05, 3.63) is 29.3 Å². The molecule has 1 rings (SSSR count). The molecular formula is C12H14FN3O. The van der Waals surface area contributed by atoms with E-state index < -0.39 is 17.8 Å². The lowest BCUT2D eigenvalue weighted by Crippen LogP contribution is -2.32. The third kappa shape index (κ3) is 3.25. The van der Waals surface area contributed by atoms with Gasteiger partial charge in [0.1, 0.15) is 17.6 Å². The number of hydrogen-bond acceptors (Lipinski definition) is 3. The summed E-state index contributed by atoms with van der Waals surface area (Å²) in [6.07, 6.45) is 1.35. The highest BCUT2D eigenvalue weighted by Gasteiger charge is 2.14. The van der Waals surface area contributed by atoms with Crippen molar-refractivity contribution in [1.82, 2.24) is 10.3 Å². The number of halogens is 1. The van der Waals surface area contributed by atoms with Crippen LogP contribution in [0.5, 0.6) is 0 Å². The summed E-state index contributed by atoms with van der Waals surface area (Å²) in [4.78, 5) is 15.4. The van der Waals surface area contributed by atoms with Gasteiger partial charge < -0.3 is 5.32 Å². The molecule has 0 aliphatic rings. The van der Waals surface area contributed by atoms with Crippen molar-refractivity contribution < 1.29 is 9.18 Å². The summed E-state index contributed by atoms with van der Waals surface area (Å²) >= 11 is 0. The van der Waals surface area contributed by atoms with Gasteiger partial charge in [0, 0.05) is 17.8 Å². The molecule has 0 fully saturated rings. The number of hydrogen-bond donors (Lipinski definition) is 1. The van der Waals surface area contributed by atoms with Crippen LogP contribution in [0.15, 0.2) is 12.3 Å². The molecule has 17 heavy (non-hydrogen) atoms. The van der Waals surface area contributed by atoms with Crippen LogP contribution >= 0.6 is 0 Å². The molecule has 0 aromatic carbocycles. The maximum absolute atomic E-state index is 13.6. The monoisotopic (exact) mass is 235 g/mol. The van der Waals surface area contributed by atoms with Crippen LogP contribution in [0.1, 0.15) is 42.7 Å². The lowest BCUT2D eigenvalue weighted by Gasteiger charge is -2.09. The number of carbonyl (C=O) groups excluding carboxylic acids is 1. The molecule has 0 spiro atoms. The van der Waals surface area contributed by atoms with Crippen LogP contribution in [-0.4, -0.2) is 16.9 Å². The lowest BCUT2D eigenvalue weighted by atomic mass is 10.0. The fourth-order valence-corrected chi connectivity index (χ4v) is 1.29. The van der Waals surface area contributed by atoms with Gasteiger partial charge in [0.05, 0.1) is 6.07 Å². The molecule has 0 aliphatic carbocycles. The SMILES string of the molecule is CC(C)c1cnc(C(=O)N[C@@H](C)C#N)cc1F. The molecule has 1 N–H and O–H groups in total. The smallest absolute Gasteiger partial charge is 0.271 e. The average Bonchev–Trinajstić information content (AvgIpc) is 2.28. The number of pyridine rings is 1. The number of nitriles is 1. The molecule has 1 amide bonds. The average molecular weight is 235 g/mol. The van der Waals surface area contributed by atoms with E-state index in [2.05, 4.69) is 10.3 Å². The van der Waals surface area contributed by atoms with Gasteiger partial charge >= 0.3 is 0 Å². The first-order valence-electron chi connectivity index (χ1n) is 5.31. The first-order chi connectivity index (χ1) is 7.95. The summed E-state index contributed by atoms with van der Waals surface area (Å²) in [5.74, 6) is -0.990. The van der Waals surface area contributed by atoms with Crippen LogP contribution in [0, 0.1) is 17.1 Å². The standard InChI is InChI=1S/C12H14FN3O/c1-7(2)9-6-15-11(4-10(9)13)12(17)16-8(3)5-14/h4,6-8H,1-3H3,(H,16,17)/t8-/m0/s1. The Kier molecular flexibility index (Phi) is 4.16. The van der Waals surface area contributed by atoms with Crippen LogP contribution in [0.25, 0.3) is 0 Å². The molecule has 0 saturated heterocycles. The minimum atomic E-state index is -0.628. The van der Waals surface area contributed by atoms with Gasteiger partial charge in [0.15, 0.2) is 0 Å². The van der Waals surface area contributed by atoms with Crippen molar-refractivity contribution in [3.63, 3.8) is 0 Å². The zero-order chi connectivity index (χ0) is 13.0. The first kappa shape index (κ1) is 13.1. The fourth-order valence-electron chi connectivity index (χ4n) is 1.29. The second-order valence-corrected chi connectivity index (χ2v) is 4.07. The Labute approximate surface area is 99.5 Å². The molecule has 0 bridgehead atoms. The van der Waals surface area contributed by atoms with E-state index in [0.29, 0.717) is 5.56 Å². The van der Waals surface area contributed by atoms with Crippen molar-refractivity contribution in [2.45, 2.75) is 32.7 Å². The molecule has 0 saturated carbocycles. The van der Waals surface area contributed by atoms with Crippen LogP contribution in [-0.2, 0) is 0 Å². The summed E-state index contributed by atoms with van der Waals surface area (Å²) in [7, 11) is 0. The number of aromatic nitrogens is 1. The van der Waals surface area contributed by atoms with Crippen molar-refractivity contribution in [2.24, 2.45) is 0 Å². The maximum Gasteiger partial charge on any atom is 0.271 e. The van der Waals surface area contributed by atoms with Crippen molar-refractivity contribution in [2.75, 3.05) is 0 Å². The Morgan fingerprint density at radius 2 is 2.18 bits per heavy atom. The van der Waals surface area contributed by atoms with Crippen molar-refractivity contribution >= 4 is 5.91 Å². The summed E-state index contributed by atoms with van der Waals surface area (Å²) in [6, 6.07) is 2.32. The Morgan fingerprint density at radius 1 is 1.53 bits per heavy atom. The van der Waals surface area contributed by atoms with Crippen LogP contribution in [0.4, 0.5) is 4.39 Å². The number of nitrogens with one attached hydrogen (secondary N) is 1. The Morgan fingerprint density at radius 3 is 2.65 bits per heavy atom. The van der Waals surface area contributed by atoms with Gasteiger partial charge in [-0.05, 0) is 12.8 Å². The highest BCUT2D eigenvalue weighted by atomic mass is 19.1. The predicted octanol–water partition coefficient (Wildman–Crippen LogP) is 1.99. The van der Waals surface area contributed by atoms with E-state index in [1.807, 2.05) is 19.9 Å². The van der Waals surface area contributed by atoms with E-state index in [9.17, 15) is 9.18 Å². The van der Waals surface area contributed by atoms with Crippen LogP contribution < -0.4 is 5.32 Å². The summed E-state index contributed by atoms with van der Waals surface area (Å²) in [5.41, 5.74) is 0.448. The third-order valence-corrected chi connectivity index (χ3v) is 2.28. The summed E-state index contributed by atoms with van der Waals surface area (Å²) in [6.45, 7) is 5.23. The Balaban J connectivity index is 2.91. The van der Waals surface area contributed by atoms with Gasteiger partial charge in [-0.1, -0.05) is 13.8 Å². The number of carbonyl (C=O) groups is 1. The van der Waals surface area contributed by atoms with Gasteiger partial charge in [-0.3, -0.25) is 9.78 Å². The fraction of sp³-hybridized carbons (Fsp3) is 0.417. The number of amides is 1. The maximum atomic E-state index is 13.6. The molecule has 0 unspecified atom stereocenters. The van der Waals surface area contributed by atoms with Gasteiger partial charge in [-0.25, -0.2) is 4.39 Å². The molecular weight excluding hydrogens is 221 g/mol. The summed E-state index contributed by atoms with van der Waals surface area (Å²) in [5, 5.41) is 10.9. The minimum Gasteiger partial charge on any atom is -0.335 e. The molecule has 0 aliphatic heterocycles. The van der Waals surface area contributed by atoms with E-state index in [1.165, 1.54) is 13.1 Å². The van der Waals surface area contributed by atoms with Crippen LogP contribution in [0.2, 0.25) is 0 Å². The molecule has 4 nitrogen and oxygen atoms in total. The van der Waals surface area contributed by atoms with E-state index in [0.717, 1.165) is 6.07 Å². The highest BCUT2D eigenvalue weighted by molar-refractivity contribution is 5.92. The zero-order valence-electron chi connectivity index (χ0n) is 9.99.